The van der Waals surface area contributed by atoms with Crippen molar-refractivity contribution < 1.29 is 47.6 Å². The molecular formula is C29H45NO10. The van der Waals surface area contributed by atoms with Crippen molar-refractivity contribution in [2.75, 3.05) is 13.7 Å². The Morgan fingerprint density at radius 2 is 1.38 bits per heavy atom. The fourth-order valence-corrected chi connectivity index (χ4v) is 3.69. The molecule has 0 aliphatic carbocycles. The molecule has 226 valence electrons. The molecule has 1 rings (SSSR count). The fourth-order valence-electron chi connectivity index (χ4n) is 3.69. The summed E-state index contributed by atoms with van der Waals surface area (Å²) in [5, 5.41) is 0. The Balaban J connectivity index is 3.22. The molecule has 0 aliphatic heterocycles. The van der Waals surface area contributed by atoms with E-state index in [2.05, 4.69) is 0 Å². The zero-order chi connectivity index (χ0) is 30.5. The first kappa shape index (κ1) is 34.7. The third-order valence-corrected chi connectivity index (χ3v) is 5.89. The van der Waals surface area contributed by atoms with Crippen molar-refractivity contribution >= 4 is 24.2 Å². The summed E-state index contributed by atoms with van der Waals surface area (Å²) in [5.41, 5.74) is 4.60. The first-order valence-corrected chi connectivity index (χ1v) is 13.6. The molecule has 0 bridgehead atoms. The molecule has 11 heteroatoms. The first-order valence-electron chi connectivity index (χ1n) is 13.6. The lowest BCUT2D eigenvalue weighted by molar-refractivity contribution is -0.156. The Kier molecular flexibility index (Phi) is 13.9. The minimum Gasteiger partial charge on any atom is -0.468 e. The monoisotopic (exact) mass is 567 g/mol. The summed E-state index contributed by atoms with van der Waals surface area (Å²) in [6, 6.07) is 4.37. The lowest BCUT2D eigenvalue weighted by Crippen LogP contribution is -2.51. The van der Waals surface area contributed by atoms with E-state index >= 15 is 0 Å². The minimum atomic E-state index is -1.57. The molecule has 0 radical (unpaired) electrons. The fraction of sp³-hybridized carbons (Fsp3) is 0.655. The number of carbonyl (C=O) groups excluding carboxylic acids is 4. The number of carbonyl (C=O) groups is 4. The van der Waals surface area contributed by atoms with Gasteiger partial charge in [0.2, 0.25) is 0 Å². The van der Waals surface area contributed by atoms with Gasteiger partial charge in [-0.05, 0) is 65.2 Å². The molecular weight excluding hydrogens is 522 g/mol. The second-order valence-electron chi connectivity index (χ2n) is 10.9. The summed E-state index contributed by atoms with van der Waals surface area (Å²) in [4.78, 5) is 49.6. The first-order chi connectivity index (χ1) is 18.6. The van der Waals surface area contributed by atoms with E-state index in [0.29, 0.717) is 18.4 Å². The molecule has 0 aromatic heterocycles. The van der Waals surface area contributed by atoms with Gasteiger partial charge in [-0.2, -0.15) is 0 Å². The van der Waals surface area contributed by atoms with Gasteiger partial charge in [0, 0.05) is 12.8 Å². The average Bonchev–Trinajstić information content (AvgIpc) is 2.84. The van der Waals surface area contributed by atoms with Crippen molar-refractivity contribution in [2.45, 2.75) is 105 Å². The molecule has 0 saturated heterocycles. The lowest BCUT2D eigenvalue weighted by atomic mass is 9.88. The van der Waals surface area contributed by atoms with Gasteiger partial charge in [0.25, 0.3) is 0 Å². The zero-order valence-corrected chi connectivity index (χ0v) is 25.0. The summed E-state index contributed by atoms with van der Waals surface area (Å²) >= 11 is 0. The van der Waals surface area contributed by atoms with Crippen LogP contribution in [0.15, 0.2) is 18.2 Å². The number of hydrogen-bond acceptors (Lipinski definition) is 11. The highest BCUT2D eigenvalue weighted by Crippen LogP contribution is 2.32. The lowest BCUT2D eigenvalue weighted by Gasteiger charge is -2.27. The summed E-state index contributed by atoms with van der Waals surface area (Å²) in [5.74, 6) is -1.37. The zero-order valence-electron chi connectivity index (χ0n) is 25.0. The van der Waals surface area contributed by atoms with Crippen LogP contribution >= 0.6 is 0 Å². The molecule has 1 aromatic rings. The largest absolute Gasteiger partial charge is 0.514 e. The number of rotatable bonds is 14. The maximum absolute atomic E-state index is 12.6. The Morgan fingerprint density at radius 1 is 0.850 bits per heavy atom. The normalized spacial score (nSPS) is 14.2. The third kappa shape index (κ3) is 11.8. The summed E-state index contributed by atoms with van der Waals surface area (Å²) in [7, 11) is 1.20. The number of nitrogens with two attached hydrogens (primary N) is 1. The number of hydrogen-bond donors (Lipinski definition) is 1. The van der Waals surface area contributed by atoms with Gasteiger partial charge >= 0.3 is 24.2 Å². The Hall–Kier alpha value is -3.34. The molecule has 2 N–H and O–H groups in total. The van der Waals surface area contributed by atoms with Crippen LogP contribution in [0, 0.1) is 5.41 Å². The molecule has 0 spiro atoms. The van der Waals surface area contributed by atoms with Gasteiger partial charge in [-0.3, -0.25) is 9.59 Å². The molecule has 0 amide bonds. The van der Waals surface area contributed by atoms with Gasteiger partial charge in [-0.1, -0.05) is 32.8 Å². The number of benzene rings is 1. The maximum atomic E-state index is 12.6. The van der Waals surface area contributed by atoms with Crippen LogP contribution in [0.4, 0.5) is 9.59 Å². The van der Waals surface area contributed by atoms with Crippen LogP contribution in [0.25, 0.3) is 0 Å². The van der Waals surface area contributed by atoms with Crippen LogP contribution in [0.3, 0.4) is 0 Å². The topological polar surface area (TPSA) is 150 Å². The van der Waals surface area contributed by atoms with Gasteiger partial charge in [-0.25, -0.2) is 9.59 Å². The second-order valence-corrected chi connectivity index (χ2v) is 10.9. The molecule has 0 fully saturated rings. The van der Waals surface area contributed by atoms with Crippen molar-refractivity contribution in [3.63, 3.8) is 0 Å². The molecule has 0 aliphatic rings. The molecule has 0 heterocycles. The summed E-state index contributed by atoms with van der Waals surface area (Å²) in [6.45, 7) is 12.4. The van der Waals surface area contributed by atoms with E-state index in [4.69, 9.17) is 34.2 Å². The SMILES string of the molecule is CCCC(C)OC(=O)Oc1ccc(C[C@](N)(CCOC(=O)C(C)(C)C)C(=O)OC)cc1OC(=O)OC(C)CCC. The van der Waals surface area contributed by atoms with E-state index in [1.54, 1.807) is 40.7 Å². The predicted octanol–water partition coefficient (Wildman–Crippen LogP) is 5.49. The molecule has 11 nitrogen and oxygen atoms in total. The summed E-state index contributed by atoms with van der Waals surface area (Å²) in [6.07, 6.45) is 0.0869. The van der Waals surface area contributed by atoms with Crippen LogP contribution in [0.2, 0.25) is 0 Å². The van der Waals surface area contributed by atoms with Crippen LogP contribution in [-0.2, 0) is 35.0 Å². The van der Waals surface area contributed by atoms with Gasteiger partial charge in [0.1, 0.15) is 17.7 Å². The number of ether oxygens (including phenoxy) is 6. The van der Waals surface area contributed by atoms with Gasteiger partial charge in [0.15, 0.2) is 11.5 Å². The van der Waals surface area contributed by atoms with E-state index in [9.17, 15) is 19.2 Å². The van der Waals surface area contributed by atoms with E-state index in [1.165, 1.54) is 19.2 Å². The van der Waals surface area contributed by atoms with Gasteiger partial charge in [-0.15, -0.1) is 0 Å². The highest BCUT2D eigenvalue weighted by Gasteiger charge is 2.36. The molecule has 2 unspecified atom stereocenters. The Morgan fingerprint density at radius 3 is 1.85 bits per heavy atom. The van der Waals surface area contributed by atoms with Gasteiger partial charge < -0.3 is 34.2 Å². The minimum absolute atomic E-state index is 0.0336. The van der Waals surface area contributed by atoms with Crippen LogP contribution in [0.1, 0.15) is 86.1 Å². The number of methoxy groups -OCH3 is 1. The Bertz CT molecular complexity index is 1000. The van der Waals surface area contributed by atoms with Crippen molar-refractivity contribution in [2.24, 2.45) is 11.1 Å². The maximum Gasteiger partial charge on any atom is 0.514 e. The van der Waals surface area contributed by atoms with Crippen molar-refractivity contribution in [1.29, 1.82) is 0 Å². The quantitative estimate of drug-likeness (QED) is 0.173. The van der Waals surface area contributed by atoms with Crippen molar-refractivity contribution in [3.8, 4) is 11.5 Å². The van der Waals surface area contributed by atoms with Crippen LogP contribution in [0.5, 0.6) is 11.5 Å². The standard InChI is InChI=1S/C29H45NO10/c1-9-11-19(3)37-26(33)39-22-14-13-21(17-23(22)40-27(34)38-20(4)12-10-2)18-29(30,25(32)35-8)15-16-36-24(31)28(5,6)7/h13-14,17,19-20H,9-12,15-16,18,30H2,1-8H3/t19?,20?,29-/m1/s1. The second kappa shape index (κ2) is 16.1. The van der Waals surface area contributed by atoms with Crippen LogP contribution < -0.4 is 15.2 Å². The molecule has 40 heavy (non-hydrogen) atoms. The van der Waals surface area contributed by atoms with Crippen LogP contribution in [-0.4, -0.2) is 55.7 Å². The van der Waals surface area contributed by atoms with E-state index in [1.807, 2.05) is 13.8 Å². The smallest absolute Gasteiger partial charge is 0.468 e. The van der Waals surface area contributed by atoms with Crippen molar-refractivity contribution in [1.82, 2.24) is 0 Å². The molecule has 3 atom stereocenters. The van der Waals surface area contributed by atoms with E-state index in [-0.39, 0.29) is 37.1 Å². The van der Waals surface area contributed by atoms with Crippen molar-refractivity contribution in [3.05, 3.63) is 23.8 Å². The Labute approximate surface area is 236 Å². The molecule has 0 saturated carbocycles. The highest BCUT2D eigenvalue weighted by atomic mass is 16.7. The van der Waals surface area contributed by atoms with E-state index < -0.39 is 41.3 Å². The van der Waals surface area contributed by atoms with E-state index in [0.717, 1.165) is 12.8 Å². The number of esters is 2. The van der Waals surface area contributed by atoms with Gasteiger partial charge in [0.05, 0.1) is 19.1 Å². The summed E-state index contributed by atoms with van der Waals surface area (Å²) < 4.78 is 31.4. The highest BCUT2D eigenvalue weighted by molar-refractivity contribution is 5.81. The predicted molar refractivity (Wildman–Crippen MR) is 147 cm³/mol. The average molecular weight is 568 g/mol. The molecule has 1 aromatic carbocycles. The third-order valence-electron chi connectivity index (χ3n) is 5.89.